The smallest absolute Gasteiger partial charge is 0.343 e. The van der Waals surface area contributed by atoms with Crippen molar-refractivity contribution in [3.8, 4) is 0 Å². The maximum atomic E-state index is 14.6. The van der Waals surface area contributed by atoms with Crippen molar-refractivity contribution in [1.82, 2.24) is 9.55 Å². The van der Waals surface area contributed by atoms with Gasteiger partial charge in [-0.15, -0.1) is 0 Å². The lowest BCUT2D eigenvalue weighted by molar-refractivity contribution is -0.140. The summed E-state index contributed by atoms with van der Waals surface area (Å²) in [4.78, 5) is 40.6. The minimum Gasteiger partial charge on any atom is -0.481 e. The van der Waals surface area contributed by atoms with E-state index in [4.69, 9.17) is 4.74 Å². The van der Waals surface area contributed by atoms with Crippen molar-refractivity contribution in [3.63, 3.8) is 0 Å². The molecule has 0 aliphatic heterocycles. The number of esters is 1. The van der Waals surface area contributed by atoms with Gasteiger partial charge < -0.3 is 14.4 Å². The number of aromatic nitrogens is 2. The second-order valence-corrected chi connectivity index (χ2v) is 6.81. The van der Waals surface area contributed by atoms with Gasteiger partial charge in [0.25, 0.3) is 0 Å². The van der Waals surface area contributed by atoms with E-state index in [-0.39, 0.29) is 34.9 Å². The average molecular weight is 360 g/mol. The third kappa shape index (κ3) is 2.40. The number of aliphatic carboxylic acids is 1. The zero-order valence-corrected chi connectivity index (χ0v) is 14.1. The van der Waals surface area contributed by atoms with Crippen molar-refractivity contribution in [2.24, 2.45) is 0 Å². The third-order valence-electron chi connectivity index (χ3n) is 5.01. The summed E-state index contributed by atoms with van der Waals surface area (Å²) >= 11 is 0. The van der Waals surface area contributed by atoms with E-state index < -0.39 is 28.6 Å². The van der Waals surface area contributed by atoms with Gasteiger partial charge in [0.05, 0.1) is 17.7 Å². The molecule has 1 N–H and O–H groups in total. The highest BCUT2D eigenvalue weighted by Gasteiger charge is 2.55. The summed E-state index contributed by atoms with van der Waals surface area (Å²) in [7, 11) is 0. The van der Waals surface area contributed by atoms with E-state index in [1.165, 1.54) is 6.20 Å². The van der Waals surface area contributed by atoms with Gasteiger partial charge in [-0.2, -0.15) is 0 Å². The fourth-order valence-electron chi connectivity index (χ4n) is 3.24. The predicted octanol–water partition coefficient (Wildman–Crippen LogP) is 2.16. The summed E-state index contributed by atoms with van der Waals surface area (Å²) in [6.07, 6.45) is 3.71. The van der Waals surface area contributed by atoms with Crippen LogP contribution in [0.2, 0.25) is 0 Å². The Morgan fingerprint density at radius 1 is 1.42 bits per heavy atom. The van der Waals surface area contributed by atoms with Gasteiger partial charge in [0, 0.05) is 12.2 Å². The number of hydrogen-bond donors (Lipinski definition) is 1. The first kappa shape index (κ1) is 16.7. The number of pyridine rings is 2. The minimum absolute atomic E-state index is 0.0371. The van der Waals surface area contributed by atoms with Crippen LogP contribution in [0.5, 0.6) is 0 Å². The largest absolute Gasteiger partial charge is 0.481 e. The van der Waals surface area contributed by atoms with Crippen LogP contribution in [0.4, 0.5) is 4.39 Å². The van der Waals surface area contributed by atoms with Crippen molar-refractivity contribution < 1.29 is 23.8 Å². The number of carboxylic acids is 1. The summed E-state index contributed by atoms with van der Waals surface area (Å²) in [5, 5.41) is 9.40. The molecule has 7 nitrogen and oxygen atoms in total. The normalized spacial score (nSPS) is 17.9. The number of hydrogen-bond acceptors (Lipinski definition) is 5. The number of ether oxygens (including phenoxy) is 1. The highest BCUT2D eigenvalue weighted by Crippen LogP contribution is 2.49. The minimum atomic E-state index is -1.32. The SMILES string of the molecule is CCOC(=O)c1cn(C2CC2)c2nc(C3(C(=O)O)CC3)c(F)cc2c1=O. The van der Waals surface area contributed by atoms with E-state index in [1.54, 1.807) is 11.5 Å². The zero-order chi connectivity index (χ0) is 18.6. The van der Waals surface area contributed by atoms with Gasteiger partial charge in [-0.05, 0) is 38.7 Å². The van der Waals surface area contributed by atoms with Gasteiger partial charge >= 0.3 is 11.9 Å². The lowest BCUT2D eigenvalue weighted by atomic mass is 10.0. The summed E-state index contributed by atoms with van der Waals surface area (Å²) in [5.41, 5.74) is -2.07. The number of carbonyl (C=O) groups is 2. The van der Waals surface area contributed by atoms with E-state index in [0.29, 0.717) is 12.8 Å². The molecule has 2 fully saturated rings. The van der Waals surface area contributed by atoms with E-state index in [2.05, 4.69) is 4.98 Å². The van der Waals surface area contributed by atoms with Crippen LogP contribution in [-0.2, 0) is 14.9 Å². The quantitative estimate of drug-likeness (QED) is 0.821. The fourth-order valence-corrected chi connectivity index (χ4v) is 3.24. The molecule has 0 bridgehead atoms. The first-order valence-electron chi connectivity index (χ1n) is 8.55. The molecule has 0 spiro atoms. The molecule has 2 heterocycles. The number of rotatable bonds is 5. The first-order valence-corrected chi connectivity index (χ1v) is 8.55. The number of halogens is 1. The van der Waals surface area contributed by atoms with E-state index in [9.17, 15) is 23.9 Å². The lowest BCUT2D eigenvalue weighted by Gasteiger charge is -2.15. The van der Waals surface area contributed by atoms with Gasteiger partial charge in [-0.25, -0.2) is 14.2 Å². The summed E-state index contributed by atoms with van der Waals surface area (Å²) < 4.78 is 21.2. The van der Waals surface area contributed by atoms with Gasteiger partial charge in [0.2, 0.25) is 5.43 Å². The molecule has 2 aromatic rings. The molecule has 0 atom stereocenters. The highest BCUT2D eigenvalue weighted by molar-refractivity contribution is 5.93. The Hall–Kier alpha value is -2.77. The molecule has 136 valence electrons. The van der Waals surface area contributed by atoms with Crippen LogP contribution in [0, 0.1) is 5.82 Å². The van der Waals surface area contributed by atoms with Crippen molar-refractivity contribution in [2.45, 2.75) is 44.1 Å². The van der Waals surface area contributed by atoms with Crippen LogP contribution in [0.25, 0.3) is 11.0 Å². The van der Waals surface area contributed by atoms with Gasteiger partial charge in [0.1, 0.15) is 22.4 Å². The predicted molar refractivity (Wildman–Crippen MR) is 88.7 cm³/mol. The Morgan fingerprint density at radius 3 is 2.65 bits per heavy atom. The van der Waals surface area contributed by atoms with Gasteiger partial charge in [-0.3, -0.25) is 9.59 Å². The van der Waals surface area contributed by atoms with Crippen molar-refractivity contribution >= 4 is 23.0 Å². The second kappa shape index (κ2) is 5.62. The maximum absolute atomic E-state index is 14.6. The molecule has 2 aromatic heterocycles. The molecule has 8 heteroatoms. The number of carbonyl (C=O) groups excluding carboxylic acids is 1. The highest BCUT2D eigenvalue weighted by atomic mass is 19.1. The Balaban J connectivity index is 1.98. The Labute approximate surface area is 147 Å². The van der Waals surface area contributed by atoms with E-state index in [1.807, 2.05) is 0 Å². The molecule has 0 saturated heterocycles. The van der Waals surface area contributed by atoms with Crippen LogP contribution in [0.1, 0.15) is 54.7 Å². The van der Waals surface area contributed by atoms with E-state index in [0.717, 1.165) is 18.9 Å². The van der Waals surface area contributed by atoms with Crippen molar-refractivity contribution in [3.05, 3.63) is 39.6 Å². The molecular formula is C18H17FN2O5. The molecule has 2 aliphatic carbocycles. The van der Waals surface area contributed by atoms with Crippen molar-refractivity contribution in [2.75, 3.05) is 6.61 Å². The molecule has 0 unspecified atom stereocenters. The Morgan fingerprint density at radius 2 is 2.12 bits per heavy atom. The van der Waals surface area contributed by atoms with Crippen molar-refractivity contribution in [1.29, 1.82) is 0 Å². The van der Waals surface area contributed by atoms with Crippen LogP contribution < -0.4 is 5.43 Å². The third-order valence-corrected chi connectivity index (χ3v) is 5.01. The summed E-state index contributed by atoms with van der Waals surface area (Å²) in [6.45, 7) is 1.75. The summed E-state index contributed by atoms with van der Waals surface area (Å²) in [5.74, 6) is -2.72. The first-order chi connectivity index (χ1) is 12.4. The number of nitrogens with zero attached hydrogens (tertiary/aromatic N) is 2. The van der Waals surface area contributed by atoms with Gasteiger partial charge in [-0.1, -0.05) is 0 Å². The fraction of sp³-hybridized carbons (Fsp3) is 0.444. The molecular weight excluding hydrogens is 343 g/mol. The number of fused-ring (bicyclic) bond motifs is 1. The second-order valence-electron chi connectivity index (χ2n) is 6.81. The van der Waals surface area contributed by atoms with Crippen LogP contribution in [0.3, 0.4) is 0 Å². The molecule has 0 aromatic carbocycles. The lowest BCUT2D eigenvalue weighted by Crippen LogP contribution is -2.25. The number of carboxylic acid groups (broad SMARTS) is 1. The topological polar surface area (TPSA) is 98.5 Å². The Bertz CT molecular complexity index is 1000. The molecule has 26 heavy (non-hydrogen) atoms. The van der Waals surface area contributed by atoms with Crippen LogP contribution >= 0.6 is 0 Å². The molecule has 2 aliphatic rings. The standard InChI is InChI=1S/C18H17FN2O5/c1-2-26-16(23)11-8-21(9-3-4-9)15-10(13(11)22)7-12(19)14(20-15)18(5-6-18)17(24)25/h7-9H,2-6H2,1H3,(H,24,25). The monoisotopic (exact) mass is 360 g/mol. The van der Waals surface area contributed by atoms with E-state index >= 15 is 0 Å². The average Bonchev–Trinajstić information content (AvgIpc) is 3.48. The molecule has 4 rings (SSSR count). The molecule has 2 saturated carbocycles. The van der Waals surface area contributed by atoms with Crippen LogP contribution in [-0.4, -0.2) is 33.2 Å². The molecule has 0 radical (unpaired) electrons. The molecule has 0 amide bonds. The van der Waals surface area contributed by atoms with Gasteiger partial charge in [0.15, 0.2) is 0 Å². The summed E-state index contributed by atoms with van der Waals surface area (Å²) in [6, 6.07) is 1.06. The maximum Gasteiger partial charge on any atom is 0.343 e. The van der Waals surface area contributed by atoms with Crippen LogP contribution in [0.15, 0.2) is 17.1 Å². The zero-order valence-electron chi connectivity index (χ0n) is 14.1. The Kier molecular flexibility index (Phi) is 3.61.